The Labute approximate surface area is 201 Å². The molecule has 5 rings (SSSR count). The van der Waals surface area contributed by atoms with Gasteiger partial charge in [-0.25, -0.2) is 4.98 Å². The molecule has 0 radical (unpaired) electrons. The molecule has 0 spiro atoms. The number of amides is 1. The smallest absolute Gasteiger partial charge is 0.275 e. The van der Waals surface area contributed by atoms with Gasteiger partial charge in [-0.2, -0.15) is 9.61 Å². The third-order valence-corrected chi connectivity index (χ3v) is 6.74. The minimum Gasteiger partial charge on any atom is -0.484 e. The number of ether oxygens (including phenoxy) is 1. The molecule has 174 valence electrons. The van der Waals surface area contributed by atoms with Crippen LogP contribution in [0.2, 0.25) is 0 Å². The predicted molar refractivity (Wildman–Crippen MR) is 131 cm³/mol. The fraction of sp³-hybridized carbons (Fsp3) is 0.280. The number of benzene rings is 2. The van der Waals surface area contributed by atoms with Crippen molar-refractivity contribution in [2.24, 2.45) is 0 Å². The first-order valence-corrected chi connectivity index (χ1v) is 12.0. The molecule has 0 atom stereocenters. The highest BCUT2D eigenvalue weighted by atomic mass is 32.1. The Morgan fingerprint density at radius 3 is 2.59 bits per heavy atom. The summed E-state index contributed by atoms with van der Waals surface area (Å²) in [6, 6.07) is 19.0. The van der Waals surface area contributed by atoms with Gasteiger partial charge in [0, 0.05) is 44.4 Å². The summed E-state index contributed by atoms with van der Waals surface area (Å²) in [4.78, 5) is 34.5. The number of hydrogen-bond acceptors (Lipinski definition) is 7. The summed E-state index contributed by atoms with van der Waals surface area (Å²) in [5, 5.41) is 5.24. The van der Waals surface area contributed by atoms with Crippen molar-refractivity contribution in [3.8, 4) is 16.3 Å². The Hall–Kier alpha value is -3.56. The van der Waals surface area contributed by atoms with Crippen LogP contribution in [0, 0.1) is 6.92 Å². The molecule has 8 nitrogen and oxygen atoms in total. The minimum absolute atomic E-state index is 0.0189. The summed E-state index contributed by atoms with van der Waals surface area (Å²) in [7, 11) is 0. The lowest BCUT2D eigenvalue weighted by atomic mass is 10.1. The van der Waals surface area contributed by atoms with Crippen LogP contribution in [-0.2, 0) is 11.3 Å². The lowest BCUT2D eigenvalue weighted by molar-refractivity contribution is -0.135. The zero-order chi connectivity index (χ0) is 23.5. The van der Waals surface area contributed by atoms with Crippen molar-refractivity contribution in [2.75, 3.05) is 32.8 Å². The molecule has 1 aliphatic rings. The van der Waals surface area contributed by atoms with Crippen LogP contribution < -0.4 is 10.3 Å². The largest absolute Gasteiger partial charge is 0.484 e. The van der Waals surface area contributed by atoms with Gasteiger partial charge in [-0.05, 0) is 25.1 Å². The van der Waals surface area contributed by atoms with Gasteiger partial charge in [0.05, 0.1) is 5.69 Å². The maximum atomic E-state index is 12.7. The van der Waals surface area contributed by atoms with Crippen LogP contribution in [0.15, 0.2) is 65.5 Å². The molecular weight excluding hydrogens is 450 g/mol. The fourth-order valence-electron chi connectivity index (χ4n) is 3.97. The van der Waals surface area contributed by atoms with E-state index in [4.69, 9.17) is 9.72 Å². The van der Waals surface area contributed by atoms with E-state index in [1.165, 1.54) is 15.9 Å². The Bertz CT molecular complexity index is 1360. The maximum Gasteiger partial charge on any atom is 0.275 e. The van der Waals surface area contributed by atoms with E-state index in [1.807, 2.05) is 60.4 Å². The Kier molecular flexibility index (Phi) is 6.37. The van der Waals surface area contributed by atoms with E-state index < -0.39 is 0 Å². The monoisotopic (exact) mass is 475 g/mol. The van der Waals surface area contributed by atoms with Crippen LogP contribution in [0.1, 0.15) is 11.3 Å². The summed E-state index contributed by atoms with van der Waals surface area (Å²) in [5.41, 5.74) is 2.66. The SMILES string of the molecule is Cc1cccc(-c2nn3c(=O)cc(CN4CCN(C(=O)COc5ccccc5)CC4)nc3s2)c1. The third kappa shape index (κ3) is 5.00. The van der Waals surface area contributed by atoms with Gasteiger partial charge in [0.2, 0.25) is 4.96 Å². The lowest BCUT2D eigenvalue weighted by Crippen LogP contribution is -2.49. The van der Waals surface area contributed by atoms with Crippen LogP contribution >= 0.6 is 11.3 Å². The molecule has 1 aliphatic heterocycles. The molecule has 4 aromatic rings. The summed E-state index contributed by atoms with van der Waals surface area (Å²) in [5.74, 6) is 0.672. The van der Waals surface area contributed by atoms with E-state index in [2.05, 4.69) is 16.1 Å². The minimum atomic E-state index is -0.179. The fourth-order valence-corrected chi connectivity index (χ4v) is 4.89. The number of aromatic nitrogens is 3. The van der Waals surface area contributed by atoms with Gasteiger partial charge in [0.15, 0.2) is 6.61 Å². The van der Waals surface area contributed by atoms with Gasteiger partial charge >= 0.3 is 0 Å². The molecule has 2 aromatic carbocycles. The molecule has 1 fully saturated rings. The third-order valence-electron chi connectivity index (χ3n) is 5.78. The number of para-hydroxylation sites is 1. The number of carbonyl (C=O) groups excluding carboxylic acids is 1. The van der Waals surface area contributed by atoms with E-state index in [9.17, 15) is 9.59 Å². The van der Waals surface area contributed by atoms with Crippen LogP contribution in [0.4, 0.5) is 0 Å². The highest BCUT2D eigenvalue weighted by molar-refractivity contribution is 7.19. The van der Waals surface area contributed by atoms with Crippen LogP contribution in [0.3, 0.4) is 0 Å². The van der Waals surface area contributed by atoms with Gasteiger partial charge in [0.1, 0.15) is 10.8 Å². The normalized spacial score (nSPS) is 14.4. The Balaban J connectivity index is 1.20. The van der Waals surface area contributed by atoms with E-state index in [-0.39, 0.29) is 18.1 Å². The van der Waals surface area contributed by atoms with Crippen LogP contribution in [0.25, 0.3) is 15.5 Å². The maximum absolute atomic E-state index is 12.7. The standard InChI is InChI=1S/C25H25N5O3S/c1-18-6-5-7-19(14-18)24-27-30-22(31)15-20(26-25(30)34-24)16-28-10-12-29(13-11-28)23(32)17-33-21-8-3-2-4-9-21/h2-9,14-15H,10-13,16-17H2,1H3. The molecule has 1 amide bonds. The van der Waals surface area contributed by atoms with Crippen LogP contribution in [-0.4, -0.2) is 63.1 Å². The van der Waals surface area contributed by atoms with Gasteiger partial charge in [-0.3, -0.25) is 14.5 Å². The molecule has 0 bridgehead atoms. The number of carbonyl (C=O) groups is 1. The van der Waals surface area contributed by atoms with Crippen molar-refractivity contribution in [2.45, 2.75) is 13.5 Å². The number of hydrogen-bond donors (Lipinski definition) is 0. The summed E-state index contributed by atoms with van der Waals surface area (Å²) in [6.45, 7) is 5.31. The first-order valence-electron chi connectivity index (χ1n) is 11.2. The van der Waals surface area contributed by atoms with E-state index in [1.54, 1.807) is 6.07 Å². The molecule has 0 saturated carbocycles. The topological polar surface area (TPSA) is 80.0 Å². The lowest BCUT2D eigenvalue weighted by Gasteiger charge is -2.34. The number of fused-ring (bicyclic) bond motifs is 1. The zero-order valence-electron chi connectivity index (χ0n) is 18.9. The number of rotatable bonds is 6. The average molecular weight is 476 g/mol. The molecule has 34 heavy (non-hydrogen) atoms. The second kappa shape index (κ2) is 9.74. The van der Waals surface area contributed by atoms with Gasteiger partial charge < -0.3 is 9.64 Å². The molecule has 2 aromatic heterocycles. The Morgan fingerprint density at radius 2 is 1.82 bits per heavy atom. The van der Waals surface area contributed by atoms with Gasteiger partial charge in [-0.1, -0.05) is 53.3 Å². The molecule has 0 N–H and O–H groups in total. The summed E-state index contributed by atoms with van der Waals surface area (Å²) in [6.07, 6.45) is 0. The van der Waals surface area contributed by atoms with Crippen molar-refractivity contribution >= 4 is 22.2 Å². The zero-order valence-corrected chi connectivity index (χ0v) is 19.7. The quantitative estimate of drug-likeness (QED) is 0.427. The highest BCUT2D eigenvalue weighted by Crippen LogP contribution is 2.25. The molecule has 9 heteroatoms. The van der Waals surface area contributed by atoms with E-state index >= 15 is 0 Å². The van der Waals surface area contributed by atoms with Crippen molar-refractivity contribution in [3.63, 3.8) is 0 Å². The highest BCUT2D eigenvalue weighted by Gasteiger charge is 2.22. The number of piperazine rings is 1. The van der Waals surface area contributed by atoms with Gasteiger partial charge in [0.25, 0.3) is 11.5 Å². The molecular formula is C25H25N5O3S. The van der Waals surface area contributed by atoms with Gasteiger partial charge in [-0.15, -0.1) is 0 Å². The van der Waals surface area contributed by atoms with Crippen molar-refractivity contribution in [1.29, 1.82) is 0 Å². The number of aryl methyl sites for hydroxylation is 1. The predicted octanol–water partition coefficient (Wildman–Crippen LogP) is 2.85. The van der Waals surface area contributed by atoms with E-state index in [0.717, 1.165) is 34.9 Å². The molecule has 1 saturated heterocycles. The molecule has 0 unspecified atom stereocenters. The summed E-state index contributed by atoms with van der Waals surface area (Å²) < 4.78 is 6.95. The molecule has 0 aliphatic carbocycles. The van der Waals surface area contributed by atoms with Crippen LogP contribution in [0.5, 0.6) is 5.75 Å². The number of nitrogens with zero attached hydrogens (tertiary/aromatic N) is 5. The molecule has 3 heterocycles. The first kappa shape index (κ1) is 22.2. The Morgan fingerprint density at radius 1 is 1.03 bits per heavy atom. The van der Waals surface area contributed by atoms with Crippen molar-refractivity contribution in [1.82, 2.24) is 24.4 Å². The second-order valence-corrected chi connectivity index (χ2v) is 9.27. The second-order valence-electron chi connectivity index (χ2n) is 8.32. The summed E-state index contributed by atoms with van der Waals surface area (Å²) >= 11 is 1.41. The first-order chi connectivity index (χ1) is 16.5. The average Bonchev–Trinajstić information content (AvgIpc) is 3.29. The van der Waals surface area contributed by atoms with E-state index in [0.29, 0.717) is 30.3 Å². The van der Waals surface area contributed by atoms with Crippen molar-refractivity contribution < 1.29 is 9.53 Å². The van der Waals surface area contributed by atoms with Crippen molar-refractivity contribution in [3.05, 3.63) is 82.3 Å².